The van der Waals surface area contributed by atoms with Gasteiger partial charge in [0.1, 0.15) is 18.7 Å². The zero-order chi connectivity index (χ0) is 35.6. The van der Waals surface area contributed by atoms with Gasteiger partial charge < -0.3 is 34.5 Å². The van der Waals surface area contributed by atoms with Crippen molar-refractivity contribution in [2.45, 2.75) is 32.2 Å². The number of benzene rings is 2. The number of aryl methyl sites for hydroxylation is 2. The molecule has 4 aromatic rings. The molecule has 2 aromatic carbocycles. The third kappa shape index (κ3) is 7.96. The van der Waals surface area contributed by atoms with Gasteiger partial charge in [0.15, 0.2) is 0 Å². The lowest BCUT2D eigenvalue weighted by molar-refractivity contribution is 0.0982. The summed E-state index contributed by atoms with van der Waals surface area (Å²) in [5.74, 6) is 2.20. The summed E-state index contributed by atoms with van der Waals surface area (Å²) in [6, 6.07) is 10.8. The Hall–Kier alpha value is -3.64. The van der Waals surface area contributed by atoms with E-state index in [2.05, 4.69) is 77.5 Å². The largest absolute Gasteiger partial charge is 0.494 e. The average Bonchev–Trinajstić information content (AvgIpc) is 3.50. The van der Waals surface area contributed by atoms with Crippen LogP contribution in [0.5, 0.6) is 11.6 Å². The fraction of sp³-hybridized carbons (Fsp3) is 0.472. The molecule has 12 nitrogen and oxygen atoms in total. The Morgan fingerprint density at radius 2 is 1.70 bits per heavy atom. The first-order chi connectivity index (χ1) is 24.0. The molecule has 2 saturated heterocycles. The number of aromatic nitrogens is 4. The predicted molar refractivity (Wildman–Crippen MR) is 207 cm³/mol. The molecule has 50 heavy (non-hydrogen) atoms. The number of hydrogen-bond acceptors (Lipinski definition) is 11. The molecule has 6 rings (SSSR count). The van der Waals surface area contributed by atoms with E-state index in [0.717, 1.165) is 68.3 Å². The van der Waals surface area contributed by atoms with Crippen LogP contribution in [0.25, 0.3) is 11.1 Å². The number of ether oxygens (including phenoxy) is 2. The van der Waals surface area contributed by atoms with Crippen LogP contribution in [0.15, 0.2) is 47.2 Å². The van der Waals surface area contributed by atoms with Crippen molar-refractivity contribution in [1.29, 1.82) is 0 Å². The van der Waals surface area contributed by atoms with Gasteiger partial charge in [-0.1, -0.05) is 13.0 Å². The van der Waals surface area contributed by atoms with Gasteiger partial charge in [-0.25, -0.2) is 4.98 Å². The second-order valence-corrected chi connectivity index (χ2v) is 17.6. The maximum atomic E-state index is 13.6. The van der Waals surface area contributed by atoms with Crippen LogP contribution in [-0.2, 0) is 18.0 Å². The zero-order valence-corrected chi connectivity index (χ0v) is 32.6. The molecule has 0 radical (unpaired) electrons. The van der Waals surface area contributed by atoms with Gasteiger partial charge in [0.05, 0.1) is 35.6 Å². The van der Waals surface area contributed by atoms with Crippen molar-refractivity contribution >= 4 is 57.2 Å². The first kappa shape index (κ1) is 36.2. The van der Waals surface area contributed by atoms with Crippen LogP contribution in [-0.4, -0.2) is 109 Å². The number of piperidine rings is 1. The summed E-state index contributed by atoms with van der Waals surface area (Å²) in [5.41, 5.74) is 5.67. The van der Waals surface area contributed by atoms with Crippen LogP contribution >= 0.6 is 23.1 Å². The molecule has 0 bridgehead atoms. The van der Waals surface area contributed by atoms with E-state index in [1.165, 1.54) is 24.1 Å². The molecule has 0 unspecified atom stereocenters. The lowest BCUT2D eigenvalue weighted by Gasteiger charge is -2.43. The topological polar surface area (TPSA) is 113 Å². The van der Waals surface area contributed by atoms with Gasteiger partial charge in [-0.2, -0.15) is 4.98 Å². The second kappa shape index (κ2) is 15.3. The summed E-state index contributed by atoms with van der Waals surface area (Å²) in [6.07, 6.45) is 6.83. The summed E-state index contributed by atoms with van der Waals surface area (Å²) in [5, 5.41) is 11.9. The third-order valence-electron chi connectivity index (χ3n) is 9.76. The fourth-order valence-corrected chi connectivity index (χ4v) is 8.40. The molecule has 0 spiro atoms. The van der Waals surface area contributed by atoms with E-state index in [1.807, 2.05) is 31.4 Å². The Balaban J connectivity index is 1.22. The standard InChI is InChI=1S/C36H49BrN9O3P/c1-8-24-19-30(32(48-4)21-31(24)46-13-11-26(12-14-46)45-17-15-43(2)16-18-45)40-36-38-22-28(37)34(41-36)39-29-10-9-25(20-33(29)50(6,7)47)27-23-44(3)42-35(27)49-5/h9-10,19-23,26H,8,11-18H2,1-7H3,(H2,38,39,40,41). The van der Waals surface area contributed by atoms with Gasteiger partial charge in [0.2, 0.25) is 11.8 Å². The second-order valence-electron chi connectivity index (χ2n) is 13.5. The molecule has 0 saturated carbocycles. The number of anilines is 5. The molecule has 2 aliphatic rings. The maximum absolute atomic E-state index is 13.6. The summed E-state index contributed by atoms with van der Waals surface area (Å²) >= 11 is 3.61. The lowest BCUT2D eigenvalue weighted by atomic mass is 9.99. The van der Waals surface area contributed by atoms with Gasteiger partial charge in [0, 0.05) is 81.8 Å². The highest BCUT2D eigenvalue weighted by Crippen LogP contribution is 2.42. The van der Waals surface area contributed by atoms with Gasteiger partial charge in [-0.15, -0.1) is 5.10 Å². The van der Waals surface area contributed by atoms with Crippen LogP contribution in [0.1, 0.15) is 25.3 Å². The summed E-state index contributed by atoms with van der Waals surface area (Å²) in [7, 11) is 4.64. The highest BCUT2D eigenvalue weighted by atomic mass is 79.9. The zero-order valence-electron chi connectivity index (χ0n) is 30.2. The van der Waals surface area contributed by atoms with Crippen LogP contribution in [0.2, 0.25) is 0 Å². The van der Waals surface area contributed by atoms with E-state index in [4.69, 9.17) is 14.5 Å². The summed E-state index contributed by atoms with van der Waals surface area (Å²) < 4.78 is 27.3. The van der Waals surface area contributed by atoms with Crippen molar-refractivity contribution < 1.29 is 14.0 Å². The Morgan fingerprint density at radius 3 is 2.36 bits per heavy atom. The minimum absolute atomic E-state index is 0.409. The molecule has 0 aliphatic carbocycles. The number of piperazine rings is 1. The minimum atomic E-state index is -2.72. The van der Waals surface area contributed by atoms with Gasteiger partial charge in [-0.05, 0) is 84.9 Å². The van der Waals surface area contributed by atoms with Crippen LogP contribution < -0.4 is 30.3 Å². The normalized spacial score (nSPS) is 16.4. The average molecular weight is 767 g/mol. The van der Waals surface area contributed by atoms with Crippen molar-refractivity contribution in [2.24, 2.45) is 7.05 Å². The molecule has 2 fully saturated rings. The SMILES string of the molecule is CCc1cc(Nc2ncc(Br)c(Nc3ccc(-c4cn(C)nc4OC)cc3P(C)(C)=O)n2)c(OC)cc1N1CCC(N2CCN(C)CC2)CC1. The van der Waals surface area contributed by atoms with E-state index in [0.29, 0.717) is 39.2 Å². The van der Waals surface area contributed by atoms with Crippen molar-refractivity contribution in [3.05, 3.63) is 52.8 Å². The van der Waals surface area contributed by atoms with Gasteiger partial charge >= 0.3 is 0 Å². The van der Waals surface area contributed by atoms with Gasteiger partial charge in [-0.3, -0.25) is 9.58 Å². The van der Waals surface area contributed by atoms with E-state index >= 15 is 0 Å². The smallest absolute Gasteiger partial charge is 0.240 e. The first-order valence-electron chi connectivity index (χ1n) is 17.2. The quantitative estimate of drug-likeness (QED) is 0.171. The summed E-state index contributed by atoms with van der Waals surface area (Å²) in [6.45, 7) is 12.4. The molecule has 14 heteroatoms. The Labute approximate surface area is 304 Å². The number of methoxy groups -OCH3 is 2. The molecule has 4 heterocycles. The highest BCUT2D eigenvalue weighted by molar-refractivity contribution is 9.10. The van der Waals surface area contributed by atoms with Crippen LogP contribution in [0.4, 0.5) is 28.8 Å². The number of nitrogens with one attached hydrogen (secondary N) is 2. The number of halogens is 1. The fourth-order valence-electron chi connectivity index (χ4n) is 6.95. The van der Waals surface area contributed by atoms with Crippen molar-refractivity contribution in [3.63, 3.8) is 0 Å². The molecule has 2 N–H and O–H groups in total. The Bertz CT molecular complexity index is 1860. The van der Waals surface area contributed by atoms with Crippen molar-refractivity contribution in [3.8, 4) is 22.8 Å². The van der Waals surface area contributed by atoms with Gasteiger partial charge in [0.25, 0.3) is 0 Å². The van der Waals surface area contributed by atoms with E-state index < -0.39 is 7.14 Å². The number of likely N-dealkylation sites (N-methyl/N-ethyl adjacent to an activating group) is 1. The Kier molecular flexibility index (Phi) is 11.1. The molecule has 2 aliphatic heterocycles. The van der Waals surface area contributed by atoms with Crippen LogP contribution in [0.3, 0.4) is 0 Å². The number of rotatable bonds is 11. The monoisotopic (exact) mass is 765 g/mol. The van der Waals surface area contributed by atoms with Crippen molar-refractivity contribution in [2.75, 3.05) is 89.4 Å². The maximum Gasteiger partial charge on any atom is 0.240 e. The molecular formula is C36H49BrN9O3P. The van der Waals surface area contributed by atoms with E-state index in [-0.39, 0.29) is 0 Å². The number of hydrogen-bond donors (Lipinski definition) is 2. The van der Waals surface area contributed by atoms with E-state index in [1.54, 1.807) is 38.4 Å². The van der Waals surface area contributed by atoms with Crippen molar-refractivity contribution in [1.82, 2.24) is 29.5 Å². The Morgan fingerprint density at radius 1 is 0.960 bits per heavy atom. The summed E-state index contributed by atoms with van der Waals surface area (Å²) in [4.78, 5) is 17.0. The molecule has 2 aromatic heterocycles. The molecule has 268 valence electrons. The minimum Gasteiger partial charge on any atom is -0.494 e. The molecular weight excluding hydrogens is 717 g/mol. The highest BCUT2D eigenvalue weighted by Gasteiger charge is 2.28. The lowest BCUT2D eigenvalue weighted by Crippen LogP contribution is -2.52. The molecule has 0 amide bonds. The number of nitrogens with zero attached hydrogens (tertiary/aromatic N) is 7. The van der Waals surface area contributed by atoms with Crippen LogP contribution in [0, 0.1) is 0 Å². The molecule has 0 atom stereocenters. The third-order valence-corrected chi connectivity index (χ3v) is 11.9. The first-order valence-corrected chi connectivity index (χ1v) is 20.6. The predicted octanol–water partition coefficient (Wildman–Crippen LogP) is 6.17. The van der Waals surface area contributed by atoms with E-state index in [9.17, 15) is 4.57 Å².